The first-order valence-corrected chi connectivity index (χ1v) is 8.39. The van der Waals surface area contributed by atoms with Crippen molar-refractivity contribution in [1.82, 2.24) is 19.8 Å². The van der Waals surface area contributed by atoms with E-state index in [-0.39, 0.29) is 0 Å². The van der Waals surface area contributed by atoms with Crippen LogP contribution < -0.4 is 5.32 Å². The minimum atomic E-state index is -0.998. The van der Waals surface area contributed by atoms with Gasteiger partial charge in [0.25, 0.3) is 0 Å². The molecule has 0 radical (unpaired) electrons. The van der Waals surface area contributed by atoms with E-state index in [1.807, 2.05) is 12.1 Å². The second kappa shape index (κ2) is 5.85. The molecule has 0 bridgehead atoms. The Morgan fingerprint density at radius 3 is 2.91 bits per heavy atom. The van der Waals surface area contributed by atoms with Gasteiger partial charge in [-0.05, 0) is 30.5 Å². The first kappa shape index (κ1) is 14.5. The number of carbonyl (C=O) groups is 1. The van der Waals surface area contributed by atoms with Crippen molar-refractivity contribution in [2.45, 2.75) is 44.8 Å². The molecule has 4 rings (SSSR count). The van der Waals surface area contributed by atoms with Gasteiger partial charge in [0.15, 0.2) is 0 Å². The molecule has 1 amide bonds. The molecule has 1 fully saturated rings. The lowest BCUT2D eigenvalue weighted by Gasteiger charge is -2.36. The average molecular weight is 314 g/mol. The predicted molar refractivity (Wildman–Crippen MR) is 87.5 cm³/mol. The summed E-state index contributed by atoms with van der Waals surface area (Å²) in [7, 11) is 0. The van der Waals surface area contributed by atoms with Gasteiger partial charge in [-0.1, -0.05) is 12.5 Å². The van der Waals surface area contributed by atoms with Crippen LogP contribution in [0.2, 0.25) is 0 Å². The summed E-state index contributed by atoms with van der Waals surface area (Å²) in [5, 5.41) is 11.1. The third-order valence-electron chi connectivity index (χ3n) is 5.16. The lowest BCUT2D eigenvalue weighted by molar-refractivity contribution is 0.130. The molecular weight excluding hydrogens is 292 g/mol. The zero-order valence-corrected chi connectivity index (χ0v) is 13.2. The lowest BCUT2D eigenvalue weighted by Crippen LogP contribution is -2.41. The number of aromatic nitrogens is 2. The molecule has 1 aromatic heterocycles. The number of hydrogen-bond acceptors (Lipinski definition) is 3. The molecule has 1 aliphatic heterocycles. The van der Waals surface area contributed by atoms with E-state index in [4.69, 9.17) is 10.1 Å². The van der Waals surface area contributed by atoms with Crippen molar-refractivity contribution in [3.63, 3.8) is 0 Å². The summed E-state index contributed by atoms with van der Waals surface area (Å²) in [5.74, 6) is 1.16. The molecule has 6 nitrogen and oxygen atoms in total. The molecule has 0 spiro atoms. The molecule has 0 saturated heterocycles. The fourth-order valence-electron chi connectivity index (χ4n) is 3.65. The van der Waals surface area contributed by atoms with Crippen molar-refractivity contribution in [1.29, 1.82) is 0 Å². The highest BCUT2D eigenvalue weighted by molar-refractivity contribution is 5.77. The topological polar surface area (TPSA) is 70.4 Å². The monoisotopic (exact) mass is 314 g/mol. The quantitative estimate of drug-likeness (QED) is 0.911. The van der Waals surface area contributed by atoms with Crippen LogP contribution in [-0.4, -0.2) is 44.8 Å². The van der Waals surface area contributed by atoms with Gasteiger partial charge in [0, 0.05) is 38.6 Å². The number of nitrogens with one attached hydrogen (secondary N) is 1. The van der Waals surface area contributed by atoms with Crippen molar-refractivity contribution >= 4 is 17.1 Å². The fourth-order valence-corrected chi connectivity index (χ4v) is 3.65. The molecule has 1 aromatic carbocycles. The summed E-state index contributed by atoms with van der Waals surface area (Å²) in [4.78, 5) is 18.0. The van der Waals surface area contributed by atoms with E-state index in [1.54, 1.807) is 0 Å². The molecule has 0 atom stereocenters. The highest BCUT2D eigenvalue weighted by Crippen LogP contribution is 2.27. The Morgan fingerprint density at radius 2 is 2.17 bits per heavy atom. The number of rotatable bonds is 3. The smallest absolute Gasteiger partial charge is 0.404 e. The largest absolute Gasteiger partial charge is 0.465 e. The van der Waals surface area contributed by atoms with E-state index in [0.717, 1.165) is 54.5 Å². The second-order valence-electron chi connectivity index (χ2n) is 6.53. The summed E-state index contributed by atoms with van der Waals surface area (Å²) >= 11 is 0. The van der Waals surface area contributed by atoms with Gasteiger partial charge >= 0.3 is 6.09 Å². The maximum Gasteiger partial charge on any atom is 0.404 e. The van der Waals surface area contributed by atoms with Crippen LogP contribution in [0.3, 0.4) is 0 Å². The van der Waals surface area contributed by atoms with E-state index < -0.39 is 6.09 Å². The Balaban J connectivity index is 1.55. The molecule has 2 aromatic rings. The summed E-state index contributed by atoms with van der Waals surface area (Å²) in [5.41, 5.74) is 3.08. The highest BCUT2D eigenvalue weighted by Gasteiger charge is 2.27. The maximum atomic E-state index is 10.6. The second-order valence-corrected chi connectivity index (χ2v) is 6.53. The van der Waals surface area contributed by atoms with E-state index in [0.29, 0.717) is 6.54 Å². The Labute approximate surface area is 135 Å². The Kier molecular flexibility index (Phi) is 3.69. The van der Waals surface area contributed by atoms with E-state index in [1.165, 1.54) is 19.3 Å². The van der Waals surface area contributed by atoms with Crippen LogP contribution in [0, 0.1) is 0 Å². The van der Waals surface area contributed by atoms with Crippen LogP contribution in [0.1, 0.15) is 30.7 Å². The van der Waals surface area contributed by atoms with Crippen LogP contribution in [0.4, 0.5) is 4.79 Å². The Bertz CT molecular complexity index is 736. The molecule has 1 saturated carbocycles. The molecular formula is C17H22N4O2. The Hall–Kier alpha value is -2.08. The summed E-state index contributed by atoms with van der Waals surface area (Å²) in [6.07, 6.45) is 4.07. The first-order valence-electron chi connectivity index (χ1n) is 8.39. The number of nitrogens with zero attached hydrogens (tertiary/aromatic N) is 3. The molecule has 0 unspecified atom stereocenters. The number of imidazole rings is 1. The normalized spacial score (nSPS) is 19.1. The van der Waals surface area contributed by atoms with Gasteiger partial charge in [0.05, 0.1) is 11.0 Å². The molecule has 2 heterocycles. The van der Waals surface area contributed by atoms with E-state index in [9.17, 15) is 4.79 Å². The lowest BCUT2D eigenvalue weighted by atomic mass is 9.91. The molecule has 2 N–H and O–H groups in total. The van der Waals surface area contributed by atoms with Gasteiger partial charge in [-0.25, -0.2) is 9.78 Å². The minimum absolute atomic E-state index is 0.322. The van der Waals surface area contributed by atoms with Crippen molar-refractivity contribution in [3.05, 3.63) is 29.6 Å². The predicted octanol–water partition coefficient (Wildman–Crippen LogP) is 2.21. The van der Waals surface area contributed by atoms with Crippen molar-refractivity contribution in [2.75, 3.05) is 13.1 Å². The molecule has 23 heavy (non-hydrogen) atoms. The van der Waals surface area contributed by atoms with Crippen molar-refractivity contribution in [2.24, 2.45) is 0 Å². The van der Waals surface area contributed by atoms with Crippen LogP contribution >= 0.6 is 0 Å². The van der Waals surface area contributed by atoms with Gasteiger partial charge in [0.1, 0.15) is 5.82 Å². The van der Waals surface area contributed by atoms with Gasteiger partial charge < -0.3 is 15.0 Å². The molecule has 122 valence electrons. The highest BCUT2D eigenvalue weighted by atomic mass is 16.4. The van der Waals surface area contributed by atoms with Gasteiger partial charge in [0.2, 0.25) is 0 Å². The van der Waals surface area contributed by atoms with Crippen LogP contribution in [0.5, 0.6) is 0 Å². The first-order chi connectivity index (χ1) is 11.2. The SMILES string of the molecule is O=C(O)NCc1ccc2c(c1)nc1n2CCN(C2CCC2)CC1. The number of fused-ring (bicyclic) bond motifs is 3. The summed E-state index contributed by atoms with van der Waals surface area (Å²) in [6.45, 7) is 3.52. The molecule has 2 aliphatic rings. The number of carboxylic acid groups (broad SMARTS) is 1. The Morgan fingerprint density at radius 1 is 1.30 bits per heavy atom. The van der Waals surface area contributed by atoms with Crippen LogP contribution in [0.25, 0.3) is 11.0 Å². The molecule has 1 aliphatic carbocycles. The number of amides is 1. The minimum Gasteiger partial charge on any atom is -0.465 e. The van der Waals surface area contributed by atoms with Crippen molar-refractivity contribution < 1.29 is 9.90 Å². The maximum absolute atomic E-state index is 10.6. The van der Waals surface area contributed by atoms with Gasteiger partial charge in [-0.2, -0.15) is 0 Å². The van der Waals surface area contributed by atoms with Crippen LogP contribution in [0.15, 0.2) is 18.2 Å². The fraction of sp³-hybridized carbons (Fsp3) is 0.529. The zero-order valence-electron chi connectivity index (χ0n) is 13.2. The van der Waals surface area contributed by atoms with Crippen molar-refractivity contribution in [3.8, 4) is 0 Å². The summed E-state index contributed by atoms with van der Waals surface area (Å²) in [6, 6.07) is 6.85. The molecule has 6 heteroatoms. The zero-order chi connectivity index (χ0) is 15.8. The van der Waals surface area contributed by atoms with Gasteiger partial charge in [-0.3, -0.25) is 4.90 Å². The average Bonchev–Trinajstić information content (AvgIpc) is 2.70. The third-order valence-corrected chi connectivity index (χ3v) is 5.16. The van der Waals surface area contributed by atoms with Gasteiger partial charge in [-0.15, -0.1) is 0 Å². The standard InChI is InChI=1S/C17H22N4O2/c22-17(23)18-11-12-4-5-15-14(10-12)19-16-6-7-20(8-9-21(15)16)13-2-1-3-13/h4-5,10,13,18H,1-3,6-9,11H2,(H,22,23). The van der Waals surface area contributed by atoms with E-state index in [2.05, 4.69) is 20.9 Å². The van der Waals surface area contributed by atoms with Crippen LogP contribution in [-0.2, 0) is 19.5 Å². The number of hydrogen-bond donors (Lipinski definition) is 2. The summed E-state index contributed by atoms with van der Waals surface area (Å²) < 4.78 is 2.34. The van der Waals surface area contributed by atoms with E-state index >= 15 is 0 Å². The number of benzene rings is 1. The third kappa shape index (κ3) is 2.79.